The molecule has 0 saturated heterocycles. The summed E-state index contributed by atoms with van der Waals surface area (Å²) in [4.78, 5) is 0. The first-order valence-electron chi connectivity index (χ1n) is 7.87. The fourth-order valence-corrected chi connectivity index (χ4v) is 2.49. The van der Waals surface area contributed by atoms with Gasteiger partial charge in [-0.1, -0.05) is 32.0 Å². The highest BCUT2D eigenvalue weighted by Crippen LogP contribution is 2.17. The van der Waals surface area contributed by atoms with Crippen LogP contribution in [-0.2, 0) is 11.2 Å². The maximum atomic E-state index is 5.22. The Morgan fingerprint density at radius 3 is 2.55 bits per heavy atom. The molecule has 0 aliphatic carbocycles. The number of methoxy groups -OCH3 is 1. The minimum absolute atomic E-state index is 0.534. The maximum Gasteiger partial charge on any atom is 0.0465 e. The van der Waals surface area contributed by atoms with E-state index in [0.717, 1.165) is 26.0 Å². The van der Waals surface area contributed by atoms with Crippen LogP contribution in [0.15, 0.2) is 18.2 Å². The average Bonchev–Trinajstić information content (AvgIpc) is 2.44. The Balaban J connectivity index is 2.69. The number of rotatable bonds is 9. The molecular formula is C18H31NO. The second kappa shape index (κ2) is 9.15. The largest absolute Gasteiger partial charge is 0.385 e. The number of hydrogen-bond donors (Lipinski definition) is 1. The van der Waals surface area contributed by atoms with Crippen LogP contribution in [0.25, 0.3) is 0 Å². The number of aryl methyl sites for hydroxylation is 2. The summed E-state index contributed by atoms with van der Waals surface area (Å²) in [6.45, 7) is 10.9. The van der Waals surface area contributed by atoms with Gasteiger partial charge in [-0.3, -0.25) is 0 Å². The highest BCUT2D eigenvalue weighted by Gasteiger charge is 2.17. The third-order valence-corrected chi connectivity index (χ3v) is 4.15. The molecule has 0 bridgehead atoms. The molecule has 1 aromatic rings. The predicted molar refractivity (Wildman–Crippen MR) is 87.4 cm³/mol. The summed E-state index contributed by atoms with van der Waals surface area (Å²) in [5, 5.41) is 3.71. The van der Waals surface area contributed by atoms with Gasteiger partial charge < -0.3 is 10.1 Å². The first-order valence-corrected chi connectivity index (χ1v) is 7.87. The van der Waals surface area contributed by atoms with E-state index in [2.05, 4.69) is 51.2 Å². The lowest BCUT2D eigenvalue weighted by Crippen LogP contribution is -2.38. The fraction of sp³-hybridized carbons (Fsp3) is 0.667. The molecule has 1 N–H and O–H groups in total. The van der Waals surface area contributed by atoms with Crippen molar-refractivity contribution >= 4 is 0 Å². The minimum Gasteiger partial charge on any atom is -0.385 e. The van der Waals surface area contributed by atoms with Crippen LogP contribution < -0.4 is 5.32 Å². The number of ether oxygens (including phenoxy) is 1. The molecule has 0 aliphatic heterocycles. The molecule has 0 aliphatic rings. The van der Waals surface area contributed by atoms with Gasteiger partial charge in [0.25, 0.3) is 0 Å². The molecule has 0 amide bonds. The van der Waals surface area contributed by atoms with Crippen molar-refractivity contribution in [3.63, 3.8) is 0 Å². The Hall–Kier alpha value is -0.860. The molecule has 0 spiro atoms. The lowest BCUT2D eigenvalue weighted by Gasteiger charge is -2.25. The summed E-state index contributed by atoms with van der Waals surface area (Å²) in [5.74, 6) is 0.628. The molecule has 2 heteroatoms. The highest BCUT2D eigenvalue weighted by atomic mass is 16.5. The average molecular weight is 277 g/mol. The van der Waals surface area contributed by atoms with Crippen molar-refractivity contribution in [2.24, 2.45) is 5.92 Å². The lowest BCUT2D eigenvalue weighted by atomic mass is 9.91. The third kappa shape index (κ3) is 5.64. The Kier molecular flexibility index (Phi) is 7.86. The molecular weight excluding hydrogens is 246 g/mol. The highest BCUT2D eigenvalue weighted by molar-refractivity contribution is 5.30. The van der Waals surface area contributed by atoms with Crippen molar-refractivity contribution in [2.45, 2.75) is 53.0 Å². The SMILES string of the molecule is CCCNC(Cc1ccc(C)c(C)c1)C(C)CCOC. The number of hydrogen-bond acceptors (Lipinski definition) is 2. The van der Waals surface area contributed by atoms with Gasteiger partial charge in [-0.2, -0.15) is 0 Å². The second-order valence-electron chi connectivity index (χ2n) is 5.94. The molecule has 1 rings (SSSR count). The first-order chi connectivity index (χ1) is 9.58. The Morgan fingerprint density at radius 2 is 1.95 bits per heavy atom. The van der Waals surface area contributed by atoms with Gasteiger partial charge >= 0.3 is 0 Å². The van der Waals surface area contributed by atoms with Crippen LogP contribution in [0, 0.1) is 19.8 Å². The van der Waals surface area contributed by atoms with Crippen LogP contribution >= 0.6 is 0 Å². The van der Waals surface area contributed by atoms with Gasteiger partial charge in [0.2, 0.25) is 0 Å². The normalized spacial score (nSPS) is 14.2. The first kappa shape index (κ1) is 17.2. The van der Waals surface area contributed by atoms with Gasteiger partial charge in [-0.15, -0.1) is 0 Å². The van der Waals surface area contributed by atoms with Crippen molar-refractivity contribution in [3.8, 4) is 0 Å². The van der Waals surface area contributed by atoms with Crippen LogP contribution in [0.3, 0.4) is 0 Å². The molecule has 2 atom stereocenters. The summed E-state index contributed by atoms with van der Waals surface area (Å²) < 4.78 is 5.22. The Morgan fingerprint density at radius 1 is 1.20 bits per heavy atom. The van der Waals surface area contributed by atoms with Crippen molar-refractivity contribution in [3.05, 3.63) is 34.9 Å². The molecule has 20 heavy (non-hydrogen) atoms. The van der Waals surface area contributed by atoms with Gasteiger partial charge in [0, 0.05) is 19.8 Å². The number of benzene rings is 1. The van der Waals surface area contributed by atoms with Crippen LogP contribution in [0.1, 0.15) is 43.4 Å². The summed E-state index contributed by atoms with van der Waals surface area (Å²) in [7, 11) is 1.78. The van der Waals surface area contributed by atoms with Crippen molar-refractivity contribution < 1.29 is 4.74 Å². The molecule has 0 saturated carbocycles. The van der Waals surface area contributed by atoms with Crippen molar-refractivity contribution in [2.75, 3.05) is 20.3 Å². The van der Waals surface area contributed by atoms with E-state index >= 15 is 0 Å². The standard InChI is InChI=1S/C18H31NO/c1-6-10-19-18(15(3)9-11-20-5)13-17-8-7-14(2)16(4)12-17/h7-8,12,15,18-19H,6,9-11,13H2,1-5H3. The van der Waals surface area contributed by atoms with Gasteiger partial charge in [0.1, 0.15) is 0 Å². The second-order valence-corrected chi connectivity index (χ2v) is 5.94. The molecule has 2 unspecified atom stereocenters. The maximum absolute atomic E-state index is 5.22. The van der Waals surface area contributed by atoms with E-state index in [4.69, 9.17) is 4.74 Å². The van der Waals surface area contributed by atoms with E-state index in [1.54, 1.807) is 7.11 Å². The van der Waals surface area contributed by atoms with Gasteiger partial charge in [0.15, 0.2) is 0 Å². The molecule has 0 heterocycles. The topological polar surface area (TPSA) is 21.3 Å². The zero-order valence-electron chi connectivity index (χ0n) is 13.8. The minimum atomic E-state index is 0.534. The molecule has 1 aromatic carbocycles. The van der Waals surface area contributed by atoms with Gasteiger partial charge in [-0.25, -0.2) is 0 Å². The Labute approximate surface area is 124 Å². The molecule has 2 nitrogen and oxygen atoms in total. The van der Waals surface area contributed by atoms with Crippen molar-refractivity contribution in [1.82, 2.24) is 5.32 Å². The van der Waals surface area contributed by atoms with E-state index in [0.29, 0.717) is 12.0 Å². The van der Waals surface area contributed by atoms with Crippen LogP contribution in [0.2, 0.25) is 0 Å². The van der Waals surface area contributed by atoms with Crippen LogP contribution in [0.4, 0.5) is 0 Å². The van der Waals surface area contributed by atoms with Crippen LogP contribution in [-0.4, -0.2) is 26.3 Å². The quantitative estimate of drug-likeness (QED) is 0.739. The summed E-state index contributed by atoms with van der Waals surface area (Å²) >= 11 is 0. The zero-order valence-corrected chi connectivity index (χ0v) is 13.8. The summed E-state index contributed by atoms with van der Waals surface area (Å²) in [6, 6.07) is 7.37. The summed E-state index contributed by atoms with van der Waals surface area (Å²) in [6.07, 6.45) is 3.40. The summed E-state index contributed by atoms with van der Waals surface area (Å²) in [5.41, 5.74) is 4.20. The van der Waals surface area contributed by atoms with Gasteiger partial charge in [-0.05, 0) is 62.3 Å². The van der Waals surface area contributed by atoms with Crippen molar-refractivity contribution in [1.29, 1.82) is 0 Å². The molecule has 0 aromatic heterocycles. The van der Waals surface area contributed by atoms with E-state index in [-0.39, 0.29) is 0 Å². The molecule has 0 radical (unpaired) electrons. The number of nitrogens with one attached hydrogen (secondary N) is 1. The van der Waals surface area contributed by atoms with E-state index in [1.165, 1.54) is 23.1 Å². The molecule has 114 valence electrons. The van der Waals surface area contributed by atoms with E-state index in [9.17, 15) is 0 Å². The van der Waals surface area contributed by atoms with Gasteiger partial charge in [0.05, 0.1) is 0 Å². The van der Waals surface area contributed by atoms with Crippen LogP contribution in [0.5, 0.6) is 0 Å². The lowest BCUT2D eigenvalue weighted by molar-refractivity contribution is 0.170. The Bertz CT molecular complexity index is 389. The predicted octanol–water partition coefficient (Wildman–Crippen LogP) is 3.89. The van der Waals surface area contributed by atoms with E-state index < -0.39 is 0 Å². The molecule has 0 fully saturated rings. The zero-order chi connectivity index (χ0) is 15.0. The smallest absolute Gasteiger partial charge is 0.0465 e. The third-order valence-electron chi connectivity index (χ3n) is 4.15. The monoisotopic (exact) mass is 277 g/mol. The fourth-order valence-electron chi connectivity index (χ4n) is 2.49. The van der Waals surface area contributed by atoms with E-state index in [1.807, 2.05) is 0 Å².